The van der Waals surface area contributed by atoms with Crippen molar-refractivity contribution >= 4 is 28.3 Å². The van der Waals surface area contributed by atoms with Gasteiger partial charge in [0.1, 0.15) is 0 Å². The lowest BCUT2D eigenvalue weighted by atomic mass is 10.1. The first kappa shape index (κ1) is 23.8. The van der Waals surface area contributed by atoms with E-state index in [2.05, 4.69) is 15.4 Å². The summed E-state index contributed by atoms with van der Waals surface area (Å²) in [5, 5.41) is 5.83. The molecule has 0 heterocycles. The van der Waals surface area contributed by atoms with Crippen LogP contribution >= 0.6 is 12.4 Å². The molecule has 3 N–H and O–H groups in total. The minimum absolute atomic E-state index is 0. The number of benzene rings is 1. The van der Waals surface area contributed by atoms with E-state index in [1.54, 1.807) is 25.3 Å². The van der Waals surface area contributed by atoms with Gasteiger partial charge in [-0.3, -0.25) is 4.79 Å². The number of nitrogens with one attached hydrogen (secondary N) is 3. The number of amides is 1. The fourth-order valence-electron chi connectivity index (χ4n) is 1.94. The first-order valence-electron chi connectivity index (χ1n) is 7.90. The van der Waals surface area contributed by atoms with Gasteiger partial charge in [0, 0.05) is 39.7 Å². The number of sulfonamides is 1. The molecule has 9 heteroatoms. The van der Waals surface area contributed by atoms with Crippen molar-refractivity contribution in [2.45, 2.75) is 25.2 Å². The maximum absolute atomic E-state index is 12.2. The topological polar surface area (TPSA) is 96.5 Å². The Morgan fingerprint density at radius 3 is 2.44 bits per heavy atom. The molecule has 0 bridgehead atoms. The first-order valence-corrected chi connectivity index (χ1v) is 9.38. The third-order valence-corrected chi connectivity index (χ3v) is 5.00. The second-order valence-corrected chi connectivity index (χ2v) is 7.25. The summed E-state index contributed by atoms with van der Waals surface area (Å²) in [6.45, 7) is 6.33. The summed E-state index contributed by atoms with van der Waals surface area (Å²) in [5.41, 5.74) is 1.95. The number of carbonyl (C=O) groups excluding carboxylic acids is 1. The van der Waals surface area contributed by atoms with Gasteiger partial charge in [-0.15, -0.1) is 12.4 Å². The molecule has 0 aliphatic carbocycles. The molecule has 1 aromatic carbocycles. The maximum Gasteiger partial charge on any atom is 0.240 e. The second kappa shape index (κ2) is 12.2. The molecule has 0 atom stereocenters. The predicted molar refractivity (Wildman–Crippen MR) is 101 cm³/mol. The van der Waals surface area contributed by atoms with E-state index in [9.17, 15) is 13.2 Å². The van der Waals surface area contributed by atoms with Crippen LogP contribution in [0.5, 0.6) is 0 Å². The van der Waals surface area contributed by atoms with Gasteiger partial charge < -0.3 is 15.4 Å². The van der Waals surface area contributed by atoms with Gasteiger partial charge in [-0.25, -0.2) is 13.1 Å². The van der Waals surface area contributed by atoms with Crippen LogP contribution in [0.1, 0.15) is 17.5 Å². The van der Waals surface area contributed by atoms with Crippen molar-refractivity contribution in [3.63, 3.8) is 0 Å². The molecule has 0 fully saturated rings. The van der Waals surface area contributed by atoms with Gasteiger partial charge in [0.05, 0.1) is 11.5 Å². The van der Waals surface area contributed by atoms with Crippen LogP contribution in [0.4, 0.5) is 0 Å². The van der Waals surface area contributed by atoms with Gasteiger partial charge >= 0.3 is 0 Å². The number of hydrogen-bond acceptors (Lipinski definition) is 5. The van der Waals surface area contributed by atoms with E-state index >= 15 is 0 Å². The molecule has 1 amide bonds. The molecule has 0 saturated heterocycles. The molecule has 1 aromatic rings. The Labute approximate surface area is 156 Å². The highest BCUT2D eigenvalue weighted by atomic mass is 35.5. The van der Waals surface area contributed by atoms with Crippen molar-refractivity contribution in [1.82, 2.24) is 15.4 Å². The van der Waals surface area contributed by atoms with Crippen molar-refractivity contribution in [2.75, 3.05) is 39.9 Å². The quantitative estimate of drug-likeness (QED) is 0.482. The lowest BCUT2D eigenvalue weighted by Crippen LogP contribution is -2.35. The van der Waals surface area contributed by atoms with Gasteiger partial charge in [0.15, 0.2) is 0 Å². The van der Waals surface area contributed by atoms with Crippen LogP contribution in [0.3, 0.4) is 0 Å². The molecule has 1 rings (SSSR count). The zero-order valence-electron chi connectivity index (χ0n) is 14.9. The van der Waals surface area contributed by atoms with Crippen LogP contribution < -0.4 is 15.4 Å². The third kappa shape index (κ3) is 9.18. The van der Waals surface area contributed by atoms with Crippen molar-refractivity contribution in [1.29, 1.82) is 0 Å². The van der Waals surface area contributed by atoms with Gasteiger partial charge in [-0.1, -0.05) is 6.07 Å². The summed E-state index contributed by atoms with van der Waals surface area (Å²) in [6.07, 6.45) is 0.0993. The summed E-state index contributed by atoms with van der Waals surface area (Å²) < 4.78 is 31.7. The monoisotopic (exact) mass is 393 g/mol. The highest BCUT2D eigenvalue weighted by Crippen LogP contribution is 2.14. The maximum atomic E-state index is 12.2. The standard InChI is InChI=1S/C16H27N3O4S.ClH/c1-13-4-5-15(12-14(13)2)24(21,22)19-7-6-16(20)18-9-8-17-10-11-23-3;/h4-5,12,17,19H,6-11H2,1-3H3,(H,18,20);1H. The second-order valence-electron chi connectivity index (χ2n) is 5.49. The van der Waals surface area contributed by atoms with Crippen molar-refractivity contribution < 1.29 is 17.9 Å². The SMILES string of the molecule is COCCNCCNC(=O)CCNS(=O)(=O)c1ccc(C)c(C)c1.Cl. The molecule has 0 saturated carbocycles. The van der Waals surface area contributed by atoms with Crippen LogP contribution in [0.15, 0.2) is 23.1 Å². The summed E-state index contributed by atoms with van der Waals surface area (Å²) in [4.78, 5) is 11.9. The number of ether oxygens (including phenoxy) is 1. The molecule has 0 spiro atoms. The van der Waals surface area contributed by atoms with E-state index in [1.807, 2.05) is 13.8 Å². The molecule has 0 aromatic heterocycles. The Kier molecular flexibility index (Phi) is 11.6. The summed E-state index contributed by atoms with van der Waals surface area (Å²) in [7, 11) is -1.96. The minimum atomic E-state index is -3.59. The summed E-state index contributed by atoms with van der Waals surface area (Å²) in [6, 6.07) is 4.97. The molecular formula is C16H28ClN3O4S. The summed E-state index contributed by atoms with van der Waals surface area (Å²) in [5.74, 6) is -0.189. The minimum Gasteiger partial charge on any atom is -0.383 e. The average Bonchev–Trinajstić information content (AvgIpc) is 2.53. The lowest BCUT2D eigenvalue weighted by Gasteiger charge is -2.09. The molecule has 0 aliphatic rings. The van der Waals surface area contributed by atoms with E-state index in [1.165, 1.54) is 0 Å². The smallest absolute Gasteiger partial charge is 0.240 e. The van der Waals surface area contributed by atoms with Crippen molar-refractivity contribution in [2.24, 2.45) is 0 Å². The van der Waals surface area contributed by atoms with Gasteiger partial charge in [0.2, 0.25) is 15.9 Å². The van der Waals surface area contributed by atoms with Crippen LogP contribution in [-0.2, 0) is 19.6 Å². The lowest BCUT2D eigenvalue weighted by molar-refractivity contribution is -0.120. The number of methoxy groups -OCH3 is 1. The molecule has 7 nitrogen and oxygen atoms in total. The normalized spacial score (nSPS) is 11.0. The number of carbonyl (C=O) groups is 1. The van der Waals surface area contributed by atoms with Crippen LogP contribution in [-0.4, -0.2) is 54.2 Å². The van der Waals surface area contributed by atoms with Crippen LogP contribution in [0.2, 0.25) is 0 Å². The highest BCUT2D eigenvalue weighted by Gasteiger charge is 2.14. The van der Waals surface area contributed by atoms with Gasteiger partial charge in [-0.05, 0) is 37.1 Å². The Morgan fingerprint density at radius 2 is 1.80 bits per heavy atom. The fourth-order valence-corrected chi connectivity index (χ4v) is 3.06. The molecule has 0 radical (unpaired) electrons. The zero-order valence-corrected chi connectivity index (χ0v) is 16.6. The molecule has 144 valence electrons. The third-order valence-electron chi connectivity index (χ3n) is 3.54. The fraction of sp³-hybridized carbons (Fsp3) is 0.562. The van der Waals surface area contributed by atoms with Crippen molar-refractivity contribution in [3.8, 4) is 0 Å². The number of rotatable bonds is 11. The number of hydrogen-bond donors (Lipinski definition) is 3. The Morgan fingerprint density at radius 1 is 1.08 bits per heavy atom. The zero-order chi connectivity index (χ0) is 18.0. The van der Waals surface area contributed by atoms with Crippen LogP contribution in [0, 0.1) is 13.8 Å². The van der Waals surface area contributed by atoms with Crippen LogP contribution in [0.25, 0.3) is 0 Å². The van der Waals surface area contributed by atoms with Gasteiger partial charge in [-0.2, -0.15) is 0 Å². The van der Waals surface area contributed by atoms with E-state index in [0.717, 1.165) is 17.7 Å². The van der Waals surface area contributed by atoms with E-state index in [0.29, 0.717) is 19.7 Å². The van der Waals surface area contributed by atoms with E-state index < -0.39 is 10.0 Å². The highest BCUT2D eigenvalue weighted by molar-refractivity contribution is 7.89. The first-order chi connectivity index (χ1) is 11.4. The Hall–Kier alpha value is -1.19. The molecule has 0 aliphatic heterocycles. The van der Waals surface area contributed by atoms with Crippen molar-refractivity contribution in [3.05, 3.63) is 29.3 Å². The summed E-state index contributed by atoms with van der Waals surface area (Å²) >= 11 is 0. The van der Waals surface area contributed by atoms with E-state index in [4.69, 9.17) is 4.74 Å². The molecule has 25 heavy (non-hydrogen) atoms. The number of halogens is 1. The molecule has 0 unspecified atom stereocenters. The Balaban J connectivity index is 0.00000576. The average molecular weight is 394 g/mol. The predicted octanol–water partition coefficient (Wildman–Crippen LogP) is 0.746. The Bertz CT molecular complexity index is 638. The van der Waals surface area contributed by atoms with E-state index in [-0.39, 0.29) is 36.2 Å². The number of aryl methyl sites for hydroxylation is 2. The largest absolute Gasteiger partial charge is 0.383 e. The van der Waals surface area contributed by atoms with Gasteiger partial charge in [0.25, 0.3) is 0 Å². The molecular weight excluding hydrogens is 366 g/mol.